The molecule has 2 aliphatic carbocycles. The van der Waals surface area contributed by atoms with E-state index >= 15 is 0 Å². The maximum atomic E-state index is 4.92. The van der Waals surface area contributed by atoms with Gasteiger partial charge in [-0.1, -0.05) is 13.3 Å². The highest BCUT2D eigenvalue weighted by atomic mass is 32.1. The van der Waals surface area contributed by atoms with E-state index in [9.17, 15) is 0 Å². The minimum atomic E-state index is 0.609. The Morgan fingerprint density at radius 1 is 1.30 bits per heavy atom. The molecular weight excluding hydrogens is 266 g/mol. The molecule has 2 heterocycles. The van der Waals surface area contributed by atoms with Gasteiger partial charge in [-0.25, -0.2) is 9.97 Å². The molecule has 0 radical (unpaired) electrons. The number of aryl methyl sites for hydroxylation is 1. The van der Waals surface area contributed by atoms with E-state index in [1.54, 1.807) is 0 Å². The van der Waals surface area contributed by atoms with Gasteiger partial charge >= 0.3 is 0 Å². The maximum absolute atomic E-state index is 4.92. The smallest absolute Gasteiger partial charge is 0.138 e. The number of fused-ring (bicyclic) bond motifs is 3. The summed E-state index contributed by atoms with van der Waals surface area (Å²) in [7, 11) is 1.97. The molecule has 0 aliphatic heterocycles. The Morgan fingerprint density at radius 3 is 2.85 bits per heavy atom. The van der Waals surface area contributed by atoms with Crippen LogP contribution in [0.4, 0.5) is 5.82 Å². The van der Waals surface area contributed by atoms with Crippen LogP contribution in [-0.2, 0) is 6.42 Å². The van der Waals surface area contributed by atoms with Gasteiger partial charge in [0.05, 0.1) is 5.39 Å². The zero-order valence-corrected chi connectivity index (χ0v) is 13.0. The standard InChI is InChI=1S/C16H21N3S/c1-3-11-8-13-14(17-2)18-15(19-16(13)20-11)12-7-9-4-5-10(12)6-9/h8-10,12H,3-7H2,1-2H3,(H,17,18,19). The summed E-state index contributed by atoms with van der Waals surface area (Å²) in [4.78, 5) is 12.3. The Labute approximate surface area is 123 Å². The second kappa shape index (κ2) is 4.69. The van der Waals surface area contributed by atoms with Gasteiger partial charge in [0.2, 0.25) is 0 Å². The van der Waals surface area contributed by atoms with E-state index < -0.39 is 0 Å². The fraction of sp³-hybridized carbons (Fsp3) is 0.625. The Hall–Kier alpha value is -1.16. The first-order chi connectivity index (χ1) is 9.78. The van der Waals surface area contributed by atoms with Gasteiger partial charge < -0.3 is 5.32 Å². The van der Waals surface area contributed by atoms with Crippen LogP contribution in [0, 0.1) is 11.8 Å². The number of thiophene rings is 1. The van der Waals surface area contributed by atoms with E-state index in [1.165, 1.54) is 40.8 Å². The summed E-state index contributed by atoms with van der Waals surface area (Å²) in [6.45, 7) is 2.20. The number of nitrogens with one attached hydrogen (secondary N) is 1. The Balaban J connectivity index is 1.80. The summed E-state index contributed by atoms with van der Waals surface area (Å²) in [6, 6.07) is 2.25. The zero-order chi connectivity index (χ0) is 13.7. The summed E-state index contributed by atoms with van der Waals surface area (Å²) in [5, 5.41) is 4.47. The molecule has 2 fully saturated rings. The zero-order valence-electron chi connectivity index (χ0n) is 12.1. The third-order valence-electron chi connectivity index (χ3n) is 5.12. The summed E-state index contributed by atoms with van der Waals surface area (Å²) >= 11 is 1.83. The fourth-order valence-corrected chi connectivity index (χ4v) is 5.05. The van der Waals surface area contributed by atoms with Gasteiger partial charge in [0, 0.05) is 17.8 Å². The Morgan fingerprint density at radius 2 is 2.20 bits per heavy atom. The lowest BCUT2D eigenvalue weighted by atomic mass is 9.88. The monoisotopic (exact) mass is 287 g/mol. The fourth-order valence-electron chi connectivity index (χ4n) is 4.08. The molecule has 20 heavy (non-hydrogen) atoms. The number of anilines is 1. The van der Waals surface area contributed by atoms with Crippen molar-refractivity contribution in [3.05, 3.63) is 16.8 Å². The molecule has 1 N–H and O–H groups in total. The van der Waals surface area contributed by atoms with Gasteiger partial charge in [0.15, 0.2) is 0 Å². The number of nitrogens with zero attached hydrogens (tertiary/aromatic N) is 2. The summed E-state index contributed by atoms with van der Waals surface area (Å²) in [5.74, 6) is 4.50. The van der Waals surface area contributed by atoms with Crippen LogP contribution in [0.15, 0.2) is 6.07 Å². The molecule has 0 spiro atoms. The van der Waals surface area contributed by atoms with E-state index in [4.69, 9.17) is 9.97 Å². The molecule has 0 amide bonds. The highest BCUT2D eigenvalue weighted by Crippen LogP contribution is 2.52. The molecule has 2 aliphatic rings. The SMILES string of the molecule is CCc1cc2c(NC)nc(C3CC4CCC3C4)nc2s1. The van der Waals surface area contributed by atoms with Crippen LogP contribution in [0.25, 0.3) is 10.2 Å². The van der Waals surface area contributed by atoms with Crippen molar-refractivity contribution in [2.45, 2.75) is 44.9 Å². The second-order valence-electron chi connectivity index (χ2n) is 6.25. The van der Waals surface area contributed by atoms with Gasteiger partial charge in [0.25, 0.3) is 0 Å². The van der Waals surface area contributed by atoms with Crippen LogP contribution in [-0.4, -0.2) is 17.0 Å². The van der Waals surface area contributed by atoms with Crippen LogP contribution in [0.5, 0.6) is 0 Å². The topological polar surface area (TPSA) is 37.8 Å². The number of hydrogen-bond donors (Lipinski definition) is 1. The van der Waals surface area contributed by atoms with E-state index in [1.807, 2.05) is 18.4 Å². The van der Waals surface area contributed by atoms with Crippen LogP contribution >= 0.6 is 11.3 Å². The lowest BCUT2D eigenvalue weighted by molar-refractivity contribution is 0.406. The molecule has 3 nitrogen and oxygen atoms in total. The van der Waals surface area contributed by atoms with Gasteiger partial charge in [-0.05, 0) is 43.6 Å². The average molecular weight is 287 g/mol. The summed E-state index contributed by atoms with van der Waals surface area (Å²) in [6.07, 6.45) is 6.61. The van der Waals surface area contributed by atoms with Crippen molar-refractivity contribution in [1.82, 2.24) is 9.97 Å². The lowest BCUT2D eigenvalue weighted by Crippen LogP contribution is -2.13. The van der Waals surface area contributed by atoms with Crippen LogP contribution in [0.3, 0.4) is 0 Å². The molecule has 2 aromatic heterocycles. The molecule has 3 unspecified atom stereocenters. The van der Waals surface area contributed by atoms with Crippen molar-refractivity contribution in [3.63, 3.8) is 0 Å². The van der Waals surface area contributed by atoms with Crippen LogP contribution in [0.2, 0.25) is 0 Å². The molecule has 0 saturated heterocycles. The van der Waals surface area contributed by atoms with E-state index in [0.29, 0.717) is 5.92 Å². The Kier molecular flexibility index (Phi) is 2.95. The van der Waals surface area contributed by atoms with Gasteiger partial charge in [-0.3, -0.25) is 0 Å². The Bertz CT molecular complexity index is 648. The molecule has 4 heteroatoms. The van der Waals surface area contributed by atoms with Crippen molar-refractivity contribution in [2.75, 3.05) is 12.4 Å². The van der Waals surface area contributed by atoms with Crippen molar-refractivity contribution in [1.29, 1.82) is 0 Å². The van der Waals surface area contributed by atoms with E-state index in [-0.39, 0.29) is 0 Å². The molecule has 4 rings (SSSR count). The molecule has 0 aromatic carbocycles. The van der Waals surface area contributed by atoms with E-state index in [2.05, 4.69) is 18.3 Å². The van der Waals surface area contributed by atoms with Crippen molar-refractivity contribution < 1.29 is 0 Å². The predicted octanol–water partition coefficient (Wildman–Crippen LogP) is 4.20. The first kappa shape index (κ1) is 12.6. The van der Waals surface area contributed by atoms with Crippen molar-refractivity contribution in [3.8, 4) is 0 Å². The first-order valence-corrected chi connectivity index (χ1v) is 8.58. The molecule has 2 aromatic rings. The first-order valence-electron chi connectivity index (χ1n) is 7.76. The van der Waals surface area contributed by atoms with Crippen molar-refractivity contribution >= 4 is 27.4 Å². The summed E-state index contributed by atoms with van der Waals surface area (Å²) in [5.41, 5.74) is 0. The van der Waals surface area contributed by atoms with Crippen LogP contribution < -0.4 is 5.32 Å². The van der Waals surface area contributed by atoms with Crippen molar-refractivity contribution in [2.24, 2.45) is 11.8 Å². The number of aromatic nitrogens is 2. The minimum absolute atomic E-state index is 0.609. The van der Waals surface area contributed by atoms with Gasteiger partial charge in [0.1, 0.15) is 16.5 Å². The normalized spacial score (nSPS) is 28.4. The second-order valence-corrected chi connectivity index (χ2v) is 7.36. The molecule has 2 bridgehead atoms. The average Bonchev–Trinajstić information content (AvgIpc) is 3.19. The minimum Gasteiger partial charge on any atom is -0.372 e. The number of hydrogen-bond acceptors (Lipinski definition) is 4. The van der Waals surface area contributed by atoms with Crippen LogP contribution in [0.1, 0.15) is 49.2 Å². The predicted molar refractivity (Wildman–Crippen MR) is 84.5 cm³/mol. The van der Waals surface area contributed by atoms with E-state index in [0.717, 1.165) is 29.9 Å². The quantitative estimate of drug-likeness (QED) is 0.919. The molecule has 2 saturated carbocycles. The van der Waals surface area contributed by atoms with Gasteiger partial charge in [-0.2, -0.15) is 0 Å². The third kappa shape index (κ3) is 1.85. The molecular formula is C16H21N3S. The lowest BCUT2D eigenvalue weighted by Gasteiger charge is -2.20. The molecule has 3 atom stereocenters. The summed E-state index contributed by atoms with van der Waals surface area (Å²) < 4.78 is 0. The highest BCUT2D eigenvalue weighted by molar-refractivity contribution is 7.18. The highest BCUT2D eigenvalue weighted by Gasteiger charge is 2.41. The third-order valence-corrected chi connectivity index (χ3v) is 6.29. The maximum Gasteiger partial charge on any atom is 0.138 e. The largest absolute Gasteiger partial charge is 0.372 e. The van der Waals surface area contributed by atoms with Gasteiger partial charge in [-0.15, -0.1) is 11.3 Å². The molecule has 106 valence electrons. The number of rotatable bonds is 3.